The van der Waals surface area contributed by atoms with E-state index in [1.807, 2.05) is 6.07 Å². The number of halogens is 2. The summed E-state index contributed by atoms with van der Waals surface area (Å²) in [6.07, 6.45) is 2.17. The molecule has 5 nitrogen and oxygen atoms in total. The Bertz CT molecular complexity index is 1030. The lowest BCUT2D eigenvalue weighted by Crippen LogP contribution is -2.39. The highest BCUT2D eigenvalue weighted by atomic mass is 32.2. The zero-order valence-electron chi connectivity index (χ0n) is 17.9. The van der Waals surface area contributed by atoms with Gasteiger partial charge in [-0.05, 0) is 61.1 Å². The van der Waals surface area contributed by atoms with Gasteiger partial charge in [0, 0.05) is 26.2 Å². The van der Waals surface area contributed by atoms with Crippen LogP contribution < -0.4 is 0 Å². The van der Waals surface area contributed by atoms with Crippen molar-refractivity contribution in [3.8, 4) is 0 Å². The van der Waals surface area contributed by atoms with Crippen LogP contribution in [0.2, 0.25) is 0 Å². The van der Waals surface area contributed by atoms with Gasteiger partial charge < -0.3 is 4.90 Å². The first-order valence-corrected chi connectivity index (χ1v) is 12.0. The molecule has 0 atom stereocenters. The summed E-state index contributed by atoms with van der Waals surface area (Å²) in [5, 5.41) is 0. The highest BCUT2D eigenvalue weighted by Crippen LogP contribution is 2.25. The van der Waals surface area contributed by atoms with E-state index in [0.717, 1.165) is 37.0 Å². The average Bonchev–Trinajstić information content (AvgIpc) is 2.75. The summed E-state index contributed by atoms with van der Waals surface area (Å²) in [5.74, 6) is -1.19. The van der Waals surface area contributed by atoms with E-state index in [4.69, 9.17) is 0 Å². The van der Waals surface area contributed by atoms with Gasteiger partial charge >= 0.3 is 0 Å². The van der Waals surface area contributed by atoms with E-state index in [9.17, 15) is 22.0 Å². The molecule has 1 fully saturated rings. The molecule has 1 aliphatic heterocycles. The van der Waals surface area contributed by atoms with Gasteiger partial charge in [0.1, 0.15) is 11.6 Å². The predicted octanol–water partition coefficient (Wildman–Crippen LogP) is 4.09. The summed E-state index contributed by atoms with van der Waals surface area (Å²) in [4.78, 5) is 14.4. The van der Waals surface area contributed by atoms with Gasteiger partial charge in [-0.25, -0.2) is 17.2 Å². The summed E-state index contributed by atoms with van der Waals surface area (Å²) in [5.41, 5.74) is 0.696. The van der Waals surface area contributed by atoms with E-state index in [1.54, 1.807) is 24.8 Å². The summed E-state index contributed by atoms with van der Waals surface area (Å²) < 4.78 is 54.6. The van der Waals surface area contributed by atoms with Crippen LogP contribution in [0, 0.1) is 17.6 Å². The molecule has 8 heteroatoms. The van der Waals surface area contributed by atoms with E-state index in [-0.39, 0.29) is 29.4 Å². The lowest BCUT2D eigenvalue weighted by Gasteiger charge is -2.32. The fourth-order valence-corrected chi connectivity index (χ4v) is 5.53. The van der Waals surface area contributed by atoms with Crippen LogP contribution in [0.4, 0.5) is 8.78 Å². The highest BCUT2D eigenvalue weighted by Gasteiger charge is 2.28. The van der Waals surface area contributed by atoms with Crippen molar-refractivity contribution < 1.29 is 22.0 Å². The van der Waals surface area contributed by atoms with Crippen LogP contribution in [0.15, 0.2) is 47.4 Å². The second-order valence-electron chi connectivity index (χ2n) is 7.80. The minimum Gasteiger partial charge on any atom is -0.339 e. The van der Waals surface area contributed by atoms with Crippen LogP contribution in [-0.4, -0.2) is 49.7 Å². The SMILES string of the molecule is CCN(CC)S(=O)(=O)c1ccc(F)c(C(=O)N2CCC(Cc3cccc(F)c3)CC2)c1. The number of sulfonamides is 1. The largest absolute Gasteiger partial charge is 0.339 e. The fourth-order valence-electron chi connectivity index (χ4n) is 4.05. The average molecular weight is 451 g/mol. The topological polar surface area (TPSA) is 57.7 Å². The Morgan fingerprint density at radius 3 is 2.35 bits per heavy atom. The van der Waals surface area contributed by atoms with Crippen LogP contribution >= 0.6 is 0 Å². The standard InChI is InChI=1S/C23H28F2N2O3S/c1-3-27(4-2)31(29,30)20-8-9-22(25)21(16-20)23(28)26-12-10-17(11-13-26)14-18-6-5-7-19(24)15-18/h5-9,15-17H,3-4,10-14H2,1-2H3. The molecule has 0 N–H and O–H groups in total. The molecule has 0 bridgehead atoms. The minimum atomic E-state index is -3.79. The number of rotatable bonds is 7. The summed E-state index contributed by atoms with van der Waals surface area (Å²) >= 11 is 0. The number of nitrogens with zero attached hydrogens (tertiary/aromatic N) is 2. The summed E-state index contributed by atoms with van der Waals surface area (Å²) in [7, 11) is -3.79. The molecule has 2 aromatic carbocycles. The second kappa shape index (κ2) is 9.87. The van der Waals surface area contributed by atoms with Crippen molar-refractivity contribution in [2.24, 2.45) is 5.92 Å². The van der Waals surface area contributed by atoms with Crippen molar-refractivity contribution >= 4 is 15.9 Å². The zero-order valence-corrected chi connectivity index (χ0v) is 18.7. The molecule has 1 heterocycles. The predicted molar refractivity (Wildman–Crippen MR) is 115 cm³/mol. The highest BCUT2D eigenvalue weighted by molar-refractivity contribution is 7.89. The Morgan fingerprint density at radius 2 is 1.74 bits per heavy atom. The Kier molecular flexibility index (Phi) is 7.43. The Balaban J connectivity index is 1.71. The van der Waals surface area contributed by atoms with E-state index in [1.165, 1.54) is 22.5 Å². The molecule has 0 spiro atoms. The number of piperidine rings is 1. The van der Waals surface area contributed by atoms with Crippen LogP contribution in [-0.2, 0) is 16.4 Å². The van der Waals surface area contributed by atoms with E-state index < -0.39 is 21.7 Å². The van der Waals surface area contributed by atoms with E-state index in [0.29, 0.717) is 19.0 Å². The van der Waals surface area contributed by atoms with Crippen molar-refractivity contribution in [3.63, 3.8) is 0 Å². The first-order valence-electron chi connectivity index (χ1n) is 10.6. The maximum Gasteiger partial charge on any atom is 0.256 e. The third-order valence-corrected chi connectivity index (χ3v) is 7.87. The Morgan fingerprint density at radius 1 is 1.06 bits per heavy atom. The van der Waals surface area contributed by atoms with Gasteiger partial charge in [-0.15, -0.1) is 0 Å². The zero-order chi connectivity index (χ0) is 22.6. The van der Waals surface area contributed by atoms with Crippen LogP contribution in [0.5, 0.6) is 0 Å². The maximum atomic E-state index is 14.4. The van der Waals surface area contributed by atoms with Crippen molar-refractivity contribution in [1.82, 2.24) is 9.21 Å². The van der Waals surface area contributed by atoms with Gasteiger partial charge in [0.05, 0.1) is 10.5 Å². The Hall–Kier alpha value is -2.32. The molecule has 0 saturated carbocycles. The van der Waals surface area contributed by atoms with Gasteiger partial charge in [-0.1, -0.05) is 26.0 Å². The number of benzene rings is 2. The molecule has 0 unspecified atom stereocenters. The van der Waals surface area contributed by atoms with E-state index >= 15 is 0 Å². The molecule has 3 rings (SSSR count). The number of carbonyl (C=O) groups excluding carboxylic acids is 1. The van der Waals surface area contributed by atoms with Crippen molar-refractivity contribution in [1.29, 1.82) is 0 Å². The van der Waals surface area contributed by atoms with Crippen molar-refractivity contribution in [2.45, 2.75) is 38.0 Å². The minimum absolute atomic E-state index is 0.0815. The molecule has 0 radical (unpaired) electrons. The molecular formula is C23H28F2N2O3S. The first-order chi connectivity index (χ1) is 14.8. The maximum absolute atomic E-state index is 14.4. The summed E-state index contributed by atoms with van der Waals surface area (Å²) in [6.45, 7) is 4.93. The van der Waals surface area contributed by atoms with Crippen molar-refractivity contribution in [3.05, 3.63) is 65.2 Å². The van der Waals surface area contributed by atoms with Crippen molar-refractivity contribution in [2.75, 3.05) is 26.2 Å². The molecule has 31 heavy (non-hydrogen) atoms. The molecule has 1 aliphatic rings. The third-order valence-electron chi connectivity index (χ3n) is 5.83. The quantitative estimate of drug-likeness (QED) is 0.639. The number of carbonyl (C=O) groups is 1. The Labute approximate surface area is 182 Å². The number of amides is 1. The monoisotopic (exact) mass is 450 g/mol. The molecule has 2 aromatic rings. The molecule has 1 amide bonds. The first kappa shape index (κ1) is 23.3. The molecule has 1 saturated heterocycles. The molecular weight excluding hydrogens is 422 g/mol. The van der Waals surface area contributed by atoms with Gasteiger partial charge in [0.2, 0.25) is 10.0 Å². The fraction of sp³-hybridized carbons (Fsp3) is 0.435. The normalized spacial score (nSPS) is 15.5. The van der Waals surface area contributed by atoms with E-state index in [2.05, 4.69) is 0 Å². The van der Waals surface area contributed by atoms with Gasteiger partial charge in [-0.3, -0.25) is 4.79 Å². The third kappa shape index (κ3) is 5.30. The smallest absolute Gasteiger partial charge is 0.256 e. The molecule has 0 aliphatic carbocycles. The lowest BCUT2D eigenvalue weighted by molar-refractivity contribution is 0.0685. The number of likely N-dealkylation sites (tertiary alicyclic amines) is 1. The van der Waals surface area contributed by atoms with Crippen LogP contribution in [0.1, 0.15) is 42.6 Å². The van der Waals surface area contributed by atoms with Crippen LogP contribution in [0.3, 0.4) is 0 Å². The van der Waals surface area contributed by atoms with Crippen LogP contribution in [0.25, 0.3) is 0 Å². The lowest BCUT2D eigenvalue weighted by atomic mass is 9.90. The van der Waals surface area contributed by atoms with Gasteiger partial charge in [0.25, 0.3) is 5.91 Å². The van der Waals surface area contributed by atoms with Gasteiger partial charge in [-0.2, -0.15) is 4.31 Å². The number of hydrogen-bond acceptors (Lipinski definition) is 3. The van der Waals surface area contributed by atoms with Gasteiger partial charge in [0.15, 0.2) is 0 Å². The molecule has 0 aromatic heterocycles. The number of hydrogen-bond donors (Lipinski definition) is 0. The molecule has 168 valence electrons. The summed E-state index contributed by atoms with van der Waals surface area (Å²) in [6, 6.07) is 9.89. The second-order valence-corrected chi connectivity index (χ2v) is 9.74.